The molecule has 0 saturated heterocycles. The van der Waals surface area contributed by atoms with E-state index in [9.17, 15) is 4.79 Å². The van der Waals surface area contributed by atoms with Crippen LogP contribution in [0.2, 0.25) is 5.02 Å². The molecule has 7 nitrogen and oxygen atoms in total. The van der Waals surface area contributed by atoms with Crippen LogP contribution >= 0.6 is 27.5 Å². The number of hydrogen-bond acceptors (Lipinski definition) is 5. The van der Waals surface area contributed by atoms with Gasteiger partial charge in [0, 0.05) is 48.7 Å². The van der Waals surface area contributed by atoms with Crippen LogP contribution in [0.4, 0.5) is 0 Å². The smallest absolute Gasteiger partial charge is 0.210 e. The van der Waals surface area contributed by atoms with Crippen molar-refractivity contribution in [3.05, 3.63) is 70.0 Å². The Kier molecular flexibility index (Phi) is 14.2. The van der Waals surface area contributed by atoms with E-state index in [1.54, 1.807) is 25.2 Å². The van der Waals surface area contributed by atoms with Gasteiger partial charge in [-0.3, -0.25) is 9.48 Å². The van der Waals surface area contributed by atoms with Crippen LogP contribution in [0.5, 0.6) is 17.2 Å². The average Bonchev–Trinajstić information content (AvgIpc) is 3.75. The molecule has 1 fully saturated rings. The van der Waals surface area contributed by atoms with E-state index in [1.807, 2.05) is 55.9 Å². The number of aryl methyl sites for hydroxylation is 2. The zero-order valence-corrected chi connectivity index (χ0v) is 26.2. The summed E-state index contributed by atoms with van der Waals surface area (Å²) in [5, 5.41) is 5.81. The molecule has 3 aromatic rings. The van der Waals surface area contributed by atoms with Crippen LogP contribution in [-0.2, 0) is 24.9 Å². The molecular weight excluding hydrogens is 582 g/mol. The van der Waals surface area contributed by atoms with Crippen molar-refractivity contribution in [1.29, 1.82) is 0 Å². The zero-order chi connectivity index (χ0) is 28.8. The number of benzene rings is 2. The Labute approximate surface area is 246 Å². The third-order valence-electron chi connectivity index (χ3n) is 6.06. The molecule has 1 aromatic heterocycles. The van der Waals surface area contributed by atoms with Crippen LogP contribution in [-0.4, -0.2) is 47.2 Å². The highest BCUT2D eigenvalue weighted by atomic mass is 79.9. The first kappa shape index (κ1) is 32.5. The summed E-state index contributed by atoms with van der Waals surface area (Å²) in [6.07, 6.45) is 4.41. The average molecular weight is 623 g/mol. The lowest BCUT2D eigenvalue weighted by Gasteiger charge is -2.20. The van der Waals surface area contributed by atoms with Crippen LogP contribution in [0.15, 0.2) is 42.5 Å². The molecule has 1 aliphatic carbocycles. The molecule has 1 saturated carbocycles. The van der Waals surface area contributed by atoms with Crippen molar-refractivity contribution in [2.75, 3.05) is 26.2 Å². The number of amides is 1. The topological polar surface area (TPSA) is 65.8 Å². The van der Waals surface area contributed by atoms with E-state index >= 15 is 0 Å². The van der Waals surface area contributed by atoms with E-state index in [0.717, 1.165) is 35.2 Å². The summed E-state index contributed by atoms with van der Waals surface area (Å²) in [4.78, 5) is 13.2. The number of methoxy groups -OCH3 is 2. The minimum absolute atomic E-state index is 0.414. The number of alkyl halides is 1. The molecule has 0 spiro atoms. The molecule has 1 amide bonds. The monoisotopic (exact) mass is 621 g/mol. The third kappa shape index (κ3) is 10.4. The second-order valence-corrected chi connectivity index (χ2v) is 10.2. The van der Waals surface area contributed by atoms with Crippen molar-refractivity contribution in [3.63, 3.8) is 0 Å². The lowest BCUT2D eigenvalue weighted by atomic mass is 10.1. The number of carbonyl (C=O) groups is 1. The number of carbonyl (C=O) groups excluding carboxylic acids is 1. The molecule has 0 radical (unpaired) electrons. The van der Waals surface area contributed by atoms with Crippen molar-refractivity contribution in [2.45, 2.75) is 59.0 Å². The highest BCUT2D eigenvalue weighted by molar-refractivity contribution is 9.09. The Morgan fingerprint density at radius 3 is 2.36 bits per heavy atom. The van der Waals surface area contributed by atoms with Gasteiger partial charge in [0.1, 0.15) is 17.2 Å². The van der Waals surface area contributed by atoms with Crippen LogP contribution in [0, 0.1) is 6.92 Å². The Bertz CT molecular complexity index is 1150. The van der Waals surface area contributed by atoms with Crippen molar-refractivity contribution in [1.82, 2.24) is 14.7 Å². The van der Waals surface area contributed by atoms with E-state index in [1.165, 1.54) is 24.2 Å². The van der Waals surface area contributed by atoms with Crippen LogP contribution in [0.25, 0.3) is 0 Å². The number of aromatic nitrogens is 2. The van der Waals surface area contributed by atoms with Crippen molar-refractivity contribution < 1.29 is 19.0 Å². The maximum atomic E-state index is 11.6. The molecule has 4 rings (SSSR count). The third-order valence-corrected chi connectivity index (χ3v) is 6.92. The summed E-state index contributed by atoms with van der Waals surface area (Å²) in [6, 6.07) is 13.3. The Hall–Kier alpha value is -2.71. The van der Waals surface area contributed by atoms with Crippen LogP contribution in [0.1, 0.15) is 61.5 Å². The van der Waals surface area contributed by atoms with Gasteiger partial charge in [-0.1, -0.05) is 47.4 Å². The molecule has 0 aliphatic heterocycles. The molecule has 0 bridgehead atoms. The molecule has 0 unspecified atom stereocenters. The van der Waals surface area contributed by atoms with E-state index in [0.29, 0.717) is 42.0 Å². The predicted molar refractivity (Wildman–Crippen MR) is 161 cm³/mol. The van der Waals surface area contributed by atoms with Gasteiger partial charge in [-0.05, 0) is 62.1 Å². The van der Waals surface area contributed by atoms with Crippen molar-refractivity contribution in [2.24, 2.45) is 7.05 Å². The first-order valence-electron chi connectivity index (χ1n) is 13.3. The van der Waals surface area contributed by atoms with Gasteiger partial charge in [0.25, 0.3) is 0 Å². The number of nitrogens with zero attached hydrogens (tertiary/aromatic N) is 3. The summed E-state index contributed by atoms with van der Waals surface area (Å²) in [5.74, 6) is 2.82. The highest BCUT2D eigenvalue weighted by Gasteiger charge is 2.26. The van der Waals surface area contributed by atoms with Gasteiger partial charge >= 0.3 is 0 Å². The summed E-state index contributed by atoms with van der Waals surface area (Å²) in [6.45, 7) is 7.54. The summed E-state index contributed by atoms with van der Waals surface area (Å²) < 4.78 is 18.2. The Morgan fingerprint density at radius 1 is 1.08 bits per heavy atom. The molecule has 2 aromatic carbocycles. The Morgan fingerprint density at radius 2 is 1.82 bits per heavy atom. The highest BCUT2D eigenvalue weighted by Crippen LogP contribution is 2.39. The first-order valence-corrected chi connectivity index (χ1v) is 14.8. The summed E-state index contributed by atoms with van der Waals surface area (Å²) >= 11 is 9.66. The molecule has 0 N–H and O–H groups in total. The second kappa shape index (κ2) is 17.1. The minimum Gasteiger partial charge on any atom is -0.497 e. The van der Waals surface area contributed by atoms with Gasteiger partial charge in [-0.2, -0.15) is 5.10 Å². The number of rotatable bonds is 12. The van der Waals surface area contributed by atoms with Gasteiger partial charge in [0.05, 0.1) is 31.5 Å². The second-order valence-electron chi connectivity index (χ2n) is 8.95. The fourth-order valence-electron chi connectivity index (χ4n) is 3.73. The zero-order valence-electron chi connectivity index (χ0n) is 23.9. The number of hydrogen-bond donors (Lipinski definition) is 0. The Balaban J connectivity index is 0.000000365. The van der Waals surface area contributed by atoms with E-state index in [-0.39, 0.29) is 0 Å². The lowest BCUT2D eigenvalue weighted by molar-refractivity contribution is -0.119. The fraction of sp³-hybridized carbons (Fsp3) is 0.467. The molecule has 1 heterocycles. The molecule has 1 aliphatic rings. The predicted octanol–water partition coefficient (Wildman–Crippen LogP) is 7.31. The minimum atomic E-state index is 0.414. The maximum absolute atomic E-state index is 11.6. The summed E-state index contributed by atoms with van der Waals surface area (Å²) in [5.41, 5.74) is 4.38. The lowest BCUT2D eigenvalue weighted by Crippen LogP contribution is -2.21. The number of halogens is 2. The standard InChI is InChI=1S/C20H23BrClNO4.C8H12N2.C2H6/c1-25-17-6-5-16(20(11-17)26-2)13-23(14-24)12-15-4-7-19(18(22)10-15)27-9-3-8-21;1-6-5-8(7-3-4-7)9-10(6)2;1-2/h4-7,10-11,14H,3,8-9,12-13H2,1-2H3;5,7H,3-4H2,1-2H3;1-2H3. The normalized spacial score (nSPS) is 11.9. The SMILES string of the molecule is CC.COc1ccc(CN(C=O)Cc2ccc(OCCCBr)c(Cl)c2)c(OC)c1.Cc1cc(C2CC2)nn1C. The van der Waals surface area contributed by atoms with Gasteiger partial charge < -0.3 is 19.1 Å². The molecule has 39 heavy (non-hydrogen) atoms. The van der Waals surface area contributed by atoms with Crippen LogP contribution < -0.4 is 14.2 Å². The van der Waals surface area contributed by atoms with Crippen molar-refractivity contribution in [3.8, 4) is 17.2 Å². The quantitative estimate of drug-likeness (QED) is 0.120. The molecule has 0 atom stereocenters. The molecule has 214 valence electrons. The van der Waals surface area contributed by atoms with Gasteiger partial charge in [-0.15, -0.1) is 0 Å². The molecular formula is C30H41BrClN3O4. The van der Waals surface area contributed by atoms with E-state index in [4.69, 9.17) is 25.8 Å². The van der Waals surface area contributed by atoms with Crippen LogP contribution in [0.3, 0.4) is 0 Å². The van der Waals surface area contributed by atoms with E-state index < -0.39 is 0 Å². The number of ether oxygens (including phenoxy) is 3. The van der Waals surface area contributed by atoms with Crippen molar-refractivity contribution >= 4 is 33.9 Å². The van der Waals surface area contributed by atoms with E-state index in [2.05, 4.69) is 34.0 Å². The van der Waals surface area contributed by atoms with Gasteiger partial charge in [0.15, 0.2) is 0 Å². The fourth-order valence-corrected chi connectivity index (χ4v) is 4.22. The maximum Gasteiger partial charge on any atom is 0.210 e. The summed E-state index contributed by atoms with van der Waals surface area (Å²) in [7, 11) is 5.20. The van der Waals surface area contributed by atoms with Gasteiger partial charge in [-0.25, -0.2) is 0 Å². The molecule has 9 heteroatoms. The van der Waals surface area contributed by atoms with Gasteiger partial charge in [0.2, 0.25) is 6.41 Å². The first-order chi connectivity index (χ1) is 18.9. The largest absolute Gasteiger partial charge is 0.497 e.